The third kappa shape index (κ3) is 8.00. The summed E-state index contributed by atoms with van der Waals surface area (Å²) in [6.45, 7) is 2.35. The van der Waals surface area contributed by atoms with Crippen molar-refractivity contribution >= 4 is 6.09 Å². The molecular formula is C17H28N2O3. The van der Waals surface area contributed by atoms with Gasteiger partial charge in [0.2, 0.25) is 0 Å². The zero-order chi connectivity index (χ0) is 16.2. The van der Waals surface area contributed by atoms with Crippen LogP contribution in [0.25, 0.3) is 0 Å². The number of rotatable bonds is 10. The number of nitrogens with one attached hydrogen (secondary N) is 1. The van der Waals surface area contributed by atoms with Crippen molar-refractivity contribution < 1.29 is 14.6 Å². The lowest BCUT2D eigenvalue weighted by Gasteiger charge is -2.19. The third-order valence-electron chi connectivity index (χ3n) is 3.52. The maximum atomic E-state index is 11.6. The van der Waals surface area contributed by atoms with Crippen molar-refractivity contribution in [1.82, 2.24) is 5.32 Å². The number of unbranched alkanes of at least 4 members (excludes halogenated alkanes) is 4. The molecule has 0 heterocycles. The molecule has 1 aromatic rings. The lowest BCUT2D eigenvalue weighted by atomic mass is 10.1. The SMILES string of the molecule is CCCCCCC[C@@H](O)C(N)NC(=O)OCc1ccccc1. The van der Waals surface area contributed by atoms with Gasteiger partial charge in [0.25, 0.3) is 0 Å². The molecule has 0 radical (unpaired) electrons. The molecule has 0 aliphatic rings. The molecule has 5 heteroatoms. The number of hydrogen-bond acceptors (Lipinski definition) is 4. The van der Waals surface area contributed by atoms with E-state index in [1.165, 1.54) is 19.3 Å². The number of carbonyl (C=O) groups is 1. The molecule has 0 aromatic heterocycles. The van der Waals surface area contributed by atoms with E-state index >= 15 is 0 Å². The molecule has 1 unspecified atom stereocenters. The minimum Gasteiger partial charge on any atom is -0.445 e. The molecule has 0 aliphatic carbocycles. The summed E-state index contributed by atoms with van der Waals surface area (Å²) in [5, 5.41) is 12.4. The van der Waals surface area contributed by atoms with Crippen molar-refractivity contribution in [3.63, 3.8) is 0 Å². The number of aliphatic hydroxyl groups excluding tert-OH is 1. The summed E-state index contributed by atoms with van der Waals surface area (Å²) in [5.41, 5.74) is 6.67. The molecular weight excluding hydrogens is 280 g/mol. The van der Waals surface area contributed by atoms with Crippen LogP contribution in [0.2, 0.25) is 0 Å². The predicted molar refractivity (Wildman–Crippen MR) is 87.1 cm³/mol. The van der Waals surface area contributed by atoms with Gasteiger partial charge in [-0.15, -0.1) is 0 Å². The van der Waals surface area contributed by atoms with Gasteiger partial charge in [-0.2, -0.15) is 0 Å². The molecule has 0 saturated heterocycles. The molecule has 22 heavy (non-hydrogen) atoms. The smallest absolute Gasteiger partial charge is 0.408 e. The average molecular weight is 308 g/mol. The Morgan fingerprint density at radius 1 is 1.23 bits per heavy atom. The fraction of sp³-hybridized carbons (Fsp3) is 0.588. The fourth-order valence-corrected chi connectivity index (χ4v) is 2.13. The van der Waals surface area contributed by atoms with E-state index in [-0.39, 0.29) is 6.61 Å². The number of nitrogens with two attached hydrogens (primary N) is 1. The van der Waals surface area contributed by atoms with Crippen LogP contribution in [0.5, 0.6) is 0 Å². The Morgan fingerprint density at radius 3 is 2.59 bits per heavy atom. The summed E-state index contributed by atoms with van der Waals surface area (Å²) in [7, 11) is 0. The highest BCUT2D eigenvalue weighted by Gasteiger charge is 2.17. The summed E-state index contributed by atoms with van der Waals surface area (Å²) in [6, 6.07) is 9.41. The number of aliphatic hydroxyl groups is 1. The molecule has 0 spiro atoms. The summed E-state index contributed by atoms with van der Waals surface area (Å²) in [6.07, 6.45) is 4.01. The monoisotopic (exact) mass is 308 g/mol. The summed E-state index contributed by atoms with van der Waals surface area (Å²) in [4.78, 5) is 11.6. The number of amides is 1. The molecule has 0 fully saturated rings. The quantitative estimate of drug-likeness (QED) is 0.458. The van der Waals surface area contributed by atoms with Crippen LogP contribution in [0.3, 0.4) is 0 Å². The molecule has 0 saturated carbocycles. The molecule has 4 N–H and O–H groups in total. The van der Waals surface area contributed by atoms with Crippen LogP contribution in [0.4, 0.5) is 4.79 Å². The van der Waals surface area contributed by atoms with Crippen LogP contribution in [-0.2, 0) is 11.3 Å². The van der Waals surface area contributed by atoms with E-state index in [0.717, 1.165) is 18.4 Å². The molecule has 1 aromatic carbocycles. The van der Waals surface area contributed by atoms with Crippen molar-refractivity contribution in [1.29, 1.82) is 0 Å². The lowest BCUT2D eigenvalue weighted by molar-refractivity contribution is 0.0966. The fourth-order valence-electron chi connectivity index (χ4n) is 2.13. The van der Waals surface area contributed by atoms with E-state index in [2.05, 4.69) is 12.2 Å². The predicted octanol–water partition coefficient (Wildman–Crippen LogP) is 2.92. The Bertz CT molecular complexity index is 412. The number of alkyl carbamates (subject to hydrolysis) is 1. The number of benzene rings is 1. The minimum atomic E-state index is -0.797. The van der Waals surface area contributed by atoms with Crippen molar-refractivity contribution in [3.8, 4) is 0 Å². The largest absolute Gasteiger partial charge is 0.445 e. The van der Waals surface area contributed by atoms with E-state index < -0.39 is 18.4 Å². The Hall–Kier alpha value is -1.59. The standard InChI is InChI=1S/C17H28N2O3/c1-2-3-4-5-9-12-15(20)16(18)19-17(21)22-13-14-10-7-6-8-11-14/h6-8,10-11,15-16,20H,2-5,9,12-13,18H2,1H3,(H,19,21)/t15-,16?/m1/s1. The van der Waals surface area contributed by atoms with Gasteiger partial charge in [-0.3, -0.25) is 0 Å². The zero-order valence-electron chi connectivity index (χ0n) is 13.3. The van der Waals surface area contributed by atoms with Gasteiger partial charge >= 0.3 is 6.09 Å². The van der Waals surface area contributed by atoms with Crippen LogP contribution < -0.4 is 11.1 Å². The Labute approximate surface area is 132 Å². The molecule has 1 amide bonds. The van der Waals surface area contributed by atoms with E-state index in [0.29, 0.717) is 6.42 Å². The van der Waals surface area contributed by atoms with Gasteiger partial charge < -0.3 is 20.9 Å². The molecule has 1 rings (SSSR count). The van der Waals surface area contributed by atoms with E-state index in [4.69, 9.17) is 10.5 Å². The normalized spacial score (nSPS) is 13.4. The minimum absolute atomic E-state index is 0.187. The first-order valence-electron chi connectivity index (χ1n) is 8.04. The second-order valence-corrected chi connectivity index (χ2v) is 5.50. The second kappa shape index (κ2) is 11.0. The highest BCUT2D eigenvalue weighted by atomic mass is 16.5. The number of ether oxygens (including phenoxy) is 1. The zero-order valence-corrected chi connectivity index (χ0v) is 13.3. The van der Waals surface area contributed by atoms with E-state index in [1.807, 2.05) is 30.3 Å². The molecule has 5 nitrogen and oxygen atoms in total. The highest BCUT2D eigenvalue weighted by Crippen LogP contribution is 2.08. The summed E-state index contributed by atoms with van der Waals surface area (Å²) >= 11 is 0. The van der Waals surface area contributed by atoms with Crippen LogP contribution in [0, 0.1) is 0 Å². The third-order valence-corrected chi connectivity index (χ3v) is 3.52. The first-order chi connectivity index (χ1) is 10.6. The van der Waals surface area contributed by atoms with Crippen molar-refractivity contribution in [2.75, 3.05) is 0 Å². The average Bonchev–Trinajstić information content (AvgIpc) is 2.53. The van der Waals surface area contributed by atoms with Crippen LogP contribution >= 0.6 is 0 Å². The van der Waals surface area contributed by atoms with E-state index in [1.54, 1.807) is 0 Å². The van der Waals surface area contributed by atoms with Gasteiger partial charge in [0.1, 0.15) is 12.8 Å². The van der Waals surface area contributed by atoms with Gasteiger partial charge in [-0.1, -0.05) is 69.4 Å². The summed E-state index contributed by atoms with van der Waals surface area (Å²) in [5.74, 6) is 0. The second-order valence-electron chi connectivity index (χ2n) is 5.50. The Balaban J connectivity index is 2.16. The van der Waals surface area contributed by atoms with Crippen LogP contribution in [0.1, 0.15) is 51.0 Å². The lowest BCUT2D eigenvalue weighted by Crippen LogP contribution is -2.49. The first-order valence-corrected chi connectivity index (χ1v) is 8.04. The molecule has 0 bridgehead atoms. The van der Waals surface area contributed by atoms with Crippen molar-refractivity contribution in [2.45, 2.75) is 64.3 Å². The maximum absolute atomic E-state index is 11.6. The van der Waals surface area contributed by atoms with Gasteiger partial charge in [0, 0.05) is 0 Å². The summed E-state index contributed by atoms with van der Waals surface area (Å²) < 4.78 is 5.07. The Kier molecular flexibility index (Phi) is 9.26. The van der Waals surface area contributed by atoms with Crippen molar-refractivity contribution in [2.24, 2.45) is 5.73 Å². The first kappa shape index (κ1) is 18.5. The molecule has 124 valence electrons. The molecule has 0 aliphatic heterocycles. The van der Waals surface area contributed by atoms with Crippen LogP contribution in [-0.4, -0.2) is 23.5 Å². The Morgan fingerprint density at radius 2 is 1.91 bits per heavy atom. The van der Waals surface area contributed by atoms with E-state index in [9.17, 15) is 9.90 Å². The maximum Gasteiger partial charge on any atom is 0.408 e. The van der Waals surface area contributed by atoms with Crippen molar-refractivity contribution in [3.05, 3.63) is 35.9 Å². The number of hydrogen-bond donors (Lipinski definition) is 3. The topological polar surface area (TPSA) is 84.6 Å². The van der Waals surface area contributed by atoms with Gasteiger partial charge in [-0.05, 0) is 12.0 Å². The van der Waals surface area contributed by atoms with Crippen LogP contribution in [0.15, 0.2) is 30.3 Å². The molecule has 2 atom stereocenters. The van der Waals surface area contributed by atoms with Gasteiger partial charge in [-0.25, -0.2) is 4.79 Å². The number of carbonyl (C=O) groups excluding carboxylic acids is 1. The highest BCUT2D eigenvalue weighted by molar-refractivity contribution is 5.67. The van der Waals surface area contributed by atoms with Gasteiger partial charge in [0.15, 0.2) is 0 Å². The van der Waals surface area contributed by atoms with Gasteiger partial charge in [0.05, 0.1) is 6.10 Å².